The van der Waals surface area contributed by atoms with Crippen molar-refractivity contribution in [1.29, 1.82) is 10.5 Å². The smallest absolute Gasteiger partial charge is 0.157 e. The molecule has 6 aromatic carbocycles. The summed E-state index contributed by atoms with van der Waals surface area (Å²) in [6, 6.07) is 51.8. The van der Waals surface area contributed by atoms with Crippen LogP contribution in [0.1, 0.15) is 83.4 Å². The second-order valence-corrected chi connectivity index (χ2v) is 19.6. The van der Waals surface area contributed by atoms with Gasteiger partial charge in [-0.15, -0.1) is 0 Å². The van der Waals surface area contributed by atoms with Crippen LogP contribution in [0.25, 0.3) is 0 Å². The van der Waals surface area contributed by atoms with Gasteiger partial charge in [-0.3, -0.25) is 9.80 Å². The van der Waals surface area contributed by atoms with E-state index >= 15 is 0 Å². The average molecular weight is 1050 g/mol. The van der Waals surface area contributed by atoms with Crippen LogP contribution in [0.2, 0.25) is 20.1 Å². The lowest BCUT2D eigenvalue weighted by atomic mass is 9.91. The molecule has 0 spiro atoms. The molecule has 3 atom stereocenters. The summed E-state index contributed by atoms with van der Waals surface area (Å²) in [5.41, 5.74) is 13.1. The quantitative estimate of drug-likeness (QED) is 0.0746. The van der Waals surface area contributed by atoms with E-state index in [0.717, 1.165) is 113 Å². The Balaban J connectivity index is 0.000000204. The number of benzene rings is 6. The number of rotatable bonds is 20. The number of nitriles is 2. The third-order valence-corrected chi connectivity index (χ3v) is 13.6. The summed E-state index contributed by atoms with van der Waals surface area (Å²) in [5.74, 6) is 0.183. The van der Waals surface area contributed by atoms with Crippen molar-refractivity contribution < 1.29 is 18.9 Å². The molecule has 2 unspecified atom stereocenters. The standard InChI is InChI=1S/C30H32Cl2N2O2.C22H28ClNO2.C7H5ClN2/c31-28-13-11-25(12-14-28)27(19-26-10-9-24(20-33)18-29(26)32)22-34(21-23-6-2-1-3-7-23)15-17-36-30-8-4-5-16-35-30;23-21-11-9-19(10-12-21)13-14-24(18-20-6-2-1-3-7-20)15-17-26-22-8-4-5-16-25-22;8-6-3-5(4-9)1-2-7(6)10/h1-3,6-7,9-14,18,27,30H,4-5,8,15-17,19,21-22H2;1-3,6-7,9-12,22H,4-5,8,13-18H2;1-3H,10H2/t27-,30?;;/m0../s1. The summed E-state index contributed by atoms with van der Waals surface area (Å²) < 4.78 is 23.4. The molecule has 2 heterocycles. The molecule has 2 aliphatic rings. The van der Waals surface area contributed by atoms with Crippen LogP contribution in [-0.2, 0) is 44.9 Å². The highest BCUT2D eigenvalue weighted by Crippen LogP contribution is 2.29. The van der Waals surface area contributed by atoms with Crippen LogP contribution < -0.4 is 5.73 Å². The van der Waals surface area contributed by atoms with Crippen LogP contribution in [-0.4, -0.2) is 75.0 Å². The Labute approximate surface area is 446 Å². The fourth-order valence-corrected chi connectivity index (χ4v) is 9.11. The lowest BCUT2D eigenvalue weighted by molar-refractivity contribution is -0.164. The topological polar surface area (TPSA) is 117 Å². The first-order chi connectivity index (χ1) is 35.1. The predicted molar refractivity (Wildman–Crippen MR) is 292 cm³/mol. The number of hydrogen-bond donors (Lipinski definition) is 1. The van der Waals surface area contributed by atoms with Crippen LogP contribution in [0.15, 0.2) is 146 Å². The molecule has 6 aromatic rings. The van der Waals surface area contributed by atoms with E-state index in [2.05, 4.69) is 94.7 Å². The first-order valence-electron chi connectivity index (χ1n) is 24.8. The molecule has 0 aromatic heterocycles. The molecule has 0 aliphatic carbocycles. The number of nitrogens with two attached hydrogens (primary N) is 1. The molecule has 0 radical (unpaired) electrons. The Hall–Kier alpha value is -4.98. The van der Waals surface area contributed by atoms with E-state index < -0.39 is 0 Å². The van der Waals surface area contributed by atoms with Crippen molar-refractivity contribution in [3.63, 3.8) is 0 Å². The van der Waals surface area contributed by atoms with Gasteiger partial charge in [0, 0.05) is 73.5 Å². The van der Waals surface area contributed by atoms with Crippen molar-refractivity contribution in [2.45, 2.75) is 83.0 Å². The van der Waals surface area contributed by atoms with E-state index in [1.54, 1.807) is 18.2 Å². The maximum absolute atomic E-state index is 9.23. The van der Waals surface area contributed by atoms with E-state index in [0.29, 0.717) is 40.1 Å². The summed E-state index contributed by atoms with van der Waals surface area (Å²) >= 11 is 24.4. The summed E-state index contributed by atoms with van der Waals surface area (Å²) in [7, 11) is 0. The van der Waals surface area contributed by atoms with Crippen molar-refractivity contribution >= 4 is 52.1 Å². The Kier molecular flexibility index (Phi) is 24.7. The highest BCUT2D eigenvalue weighted by molar-refractivity contribution is 6.33. The SMILES string of the molecule is Clc1ccc(CCN(CCOC2CCCCO2)Cc2ccccc2)cc1.N#Cc1ccc(C[C@@H](CN(CCOC2CCCCO2)Cc2ccccc2)c2ccc(Cl)cc2)c(Cl)c1.N#Cc1ccc(N)c(Cl)c1. The fraction of sp³-hybridized carbons (Fsp3) is 0.356. The zero-order valence-electron chi connectivity index (χ0n) is 40.8. The van der Waals surface area contributed by atoms with Crippen molar-refractivity contribution in [1.82, 2.24) is 9.80 Å². The largest absolute Gasteiger partial charge is 0.398 e. The molecule has 2 aliphatic heterocycles. The number of ether oxygens (including phenoxy) is 4. The Morgan fingerprint density at radius 3 is 1.60 bits per heavy atom. The first-order valence-corrected chi connectivity index (χ1v) is 26.3. The first kappa shape index (κ1) is 56.3. The van der Waals surface area contributed by atoms with Crippen molar-refractivity contribution in [2.75, 3.05) is 58.3 Å². The molecule has 2 saturated heterocycles. The normalized spacial score (nSPS) is 15.8. The third kappa shape index (κ3) is 20.5. The molecule has 0 saturated carbocycles. The van der Waals surface area contributed by atoms with Crippen molar-refractivity contribution in [3.8, 4) is 12.1 Å². The summed E-state index contributed by atoms with van der Waals surface area (Å²) in [6.07, 6.45) is 8.25. The van der Waals surface area contributed by atoms with E-state index in [1.807, 2.05) is 48.5 Å². The van der Waals surface area contributed by atoms with E-state index in [-0.39, 0.29) is 18.5 Å². The number of anilines is 1. The van der Waals surface area contributed by atoms with Crippen molar-refractivity contribution in [2.24, 2.45) is 0 Å². The molecule has 0 amide bonds. The van der Waals surface area contributed by atoms with Gasteiger partial charge in [-0.05, 0) is 134 Å². The van der Waals surface area contributed by atoms with Gasteiger partial charge < -0.3 is 24.7 Å². The Bertz CT molecular complexity index is 2570. The summed E-state index contributed by atoms with van der Waals surface area (Å²) in [5, 5.41) is 20.2. The zero-order chi connectivity index (χ0) is 50.8. The predicted octanol–water partition coefficient (Wildman–Crippen LogP) is 14.0. The van der Waals surface area contributed by atoms with E-state index in [9.17, 15) is 5.26 Å². The minimum Gasteiger partial charge on any atom is -0.398 e. The molecule has 72 heavy (non-hydrogen) atoms. The lowest BCUT2D eigenvalue weighted by Crippen LogP contribution is -2.34. The summed E-state index contributed by atoms with van der Waals surface area (Å²) in [4.78, 5) is 4.89. The number of nitrogen functional groups attached to an aromatic ring is 1. The van der Waals surface area contributed by atoms with Crippen LogP contribution >= 0.6 is 46.4 Å². The lowest BCUT2D eigenvalue weighted by Gasteiger charge is -2.30. The van der Waals surface area contributed by atoms with Crippen LogP contribution in [0.4, 0.5) is 5.69 Å². The molecule has 9 nitrogen and oxygen atoms in total. The van der Waals surface area contributed by atoms with Gasteiger partial charge in [-0.2, -0.15) is 10.5 Å². The second-order valence-electron chi connectivity index (χ2n) is 17.9. The molecule has 378 valence electrons. The van der Waals surface area contributed by atoms with Crippen molar-refractivity contribution in [3.05, 3.63) is 205 Å². The maximum Gasteiger partial charge on any atom is 0.157 e. The van der Waals surface area contributed by atoms with Crippen LogP contribution in [0.3, 0.4) is 0 Å². The van der Waals surface area contributed by atoms with Gasteiger partial charge in [0.25, 0.3) is 0 Å². The summed E-state index contributed by atoms with van der Waals surface area (Å²) in [6.45, 7) is 8.19. The third-order valence-electron chi connectivity index (χ3n) is 12.4. The molecular weight excluding hydrogens is 984 g/mol. The Morgan fingerprint density at radius 1 is 0.569 bits per heavy atom. The molecule has 2 fully saturated rings. The van der Waals surface area contributed by atoms with Gasteiger partial charge >= 0.3 is 0 Å². The van der Waals surface area contributed by atoms with Gasteiger partial charge in [-0.1, -0.05) is 137 Å². The van der Waals surface area contributed by atoms with Gasteiger partial charge in [0.15, 0.2) is 12.6 Å². The van der Waals surface area contributed by atoms with Crippen LogP contribution in [0, 0.1) is 22.7 Å². The molecule has 0 bridgehead atoms. The van der Waals surface area contributed by atoms with Gasteiger partial charge in [0.2, 0.25) is 0 Å². The minimum absolute atomic E-state index is 0.0152. The highest BCUT2D eigenvalue weighted by atomic mass is 35.5. The van der Waals surface area contributed by atoms with Crippen LogP contribution in [0.5, 0.6) is 0 Å². The molecule has 13 heteroatoms. The number of halogens is 4. The molecular formula is C59H65Cl4N5O4. The number of nitrogens with zero attached hydrogens (tertiary/aromatic N) is 4. The number of hydrogen-bond acceptors (Lipinski definition) is 9. The highest BCUT2D eigenvalue weighted by Gasteiger charge is 2.21. The fourth-order valence-electron chi connectivity index (χ4n) is 8.42. The Morgan fingerprint density at radius 2 is 1.08 bits per heavy atom. The second kappa shape index (κ2) is 31.6. The van der Waals surface area contributed by atoms with Gasteiger partial charge in [0.1, 0.15) is 0 Å². The zero-order valence-corrected chi connectivity index (χ0v) is 43.9. The maximum atomic E-state index is 9.23. The molecule has 8 rings (SSSR count). The van der Waals surface area contributed by atoms with Gasteiger partial charge in [0.05, 0.1) is 47.2 Å². The monoisotopic (exact) mass is 1050 g/mol. The average Bonchev–Trinajstić information content (AvgIpc) is 3.41. The van der Waals surface area contributed by atoms with E-state index in [1.165, 1.54) is 34.7 Å². The molecule has 2 N–H and O–H groups in total. The van der Waals surface area contributed by atoms with Gasteiger partial charge in [-0.25, -0.2) is 0 Å². The minimum atomic E-state index is -0.0955. The van der Waals surface area contributed by atoms with E-state index in [4.69, 9.17) is 76.3 Å².